The fourth-order valence-electron chi connectivity index (χ4n) is 2.88. The summed E-state index contributed by atoms with van der Waals surface area (Å²) in [5.74, 6) is -2.25. The van der Waals surface area contributed by atoms with Crippen LogP contribution in [-0.4, -0.2) is 25.2 Å². The van der Waals surface area contributed by atoms with Crippen LogP contribution in [0.1, 0.15) is 12.6 Å². The lowest BCUT2D eigenvalue weighted by Gasteiger charge is -2.13. The molecule has 0 spiro atoms. The maximum Gasteiger partial charge on any atom is 0.308 e. The van der Waals surface area contributed by atoms with Crippen molar-refractivity contribution in [3.63, 3.8) is 0 Å². The third-order valence-corrected chi connectivity index (χ3v) is 5.32. The quantitative estimate of drug-likeness (QED) is 0.614. The molecule has 8 heteroatoms. The van der Waals surface area contributed by atoms with E-state index in [1.807, 2.05) is 0 Å². The highest BCUT2D eigenvalue weighted by atomic mass is 32.2. The van der Waals surface area contributed by atoms with E-state index in [0.29, 0.717) is 22.6 Å². The average molecular weight is 405 g/mol. The molecule has 0 aliphatic carbocycles. The molecule has 0 saturated carbocycles. The van der Waals surface area contributed by atoms with Crippen LogP contribution < -0.4 is 4.74 Å². The van der Waals surface area contributed by atoms with Crippen LogP contribution in [0.3, 0.4) is 0 Å². The Morgan fingerprint density at radius 1 is 1.00 bits per heavy atom. The number of benzene rings is 2. The molecule has 0 aliphatic heterocycles. The van der Waals surface area contributed by atoms with Gasteiger partial charge in [0.25, 0.3) is 0 Å². The van der Waals surface area contributed by atoms with E-state index in [0.717, 1.165) is 18.4 Å². The molecular formula is C20H17F2NO4S. The topological polar surface area (TPSA) is 65.4 Å². The van der Waals surface area contributed by atoms with Gasteiger partial charge in [-0.15, -0.1) is 0 Å². The van der Waals surface area contributed by atoms with Crippen LogP contribution in [0.4, 0.5) is 8.78 Å². The first-order chi connectivity index (χ1) is 13.1. The van der Waals surface area contributed by atoms with E-state index in [1.54, 1.807) is 29.7 Å². The highest BCUT2D eigenvalue weighted by Gasteiger charge is 2.19. The highest BCUT2D eigenvalue weighted by molar-refractivity contribution is 7.90. The van der Waals surface area contributed by atoms with E-state index in [1.165, 1.54) is 25.1 Å². The first kappa shape index (κ1) is 19.8. The molecule has 1 aromatic heterocycles. The minimum atomic E-state index is -3.36. The number of halogens is 2. The van der Waals surface area contributed by atoms with Crippen LogP contribution >= 0.6 is 0 Å². The van der Waals surface area contributed by atoms with Gasteiger partial charge in [-0.1, -0.05) is 12.1 Å². The van der Waals surface area contributed by atoms with Crippen LogP contribution in [0.25, 0.3) is 16.9 Å². The summed E-state index contributed by atoms with van der Waals surface area (Å²) in [6.45, 7) is 2.93. The van der Waals surface area contributed by atoms with Gasteiger partial charge in [-0.25, -0.2) is 17.2 Å². The Morgan fingerprint density at radius 2 is 1.64 bits per heavy atom. The van der Waals surface area contributed by atoms with Gasteiger partial charge in [0.15, 0.2) is 27.2 Å². The second-order valence-electron chi connectivity index (χ2n) is 6.30. The third-order valence-electron chi connectivity index (χ3n) is 4.19. The van der Waals surface area contributed by atoms with Crippen molar-refractivity contribution in [1.82, 2.24) is 4.57 Å². The SMILES string of the molecule is CC(=O)Oc1cc(-c2ccc(S(C)(=O)=O)cc2)n(-c2ccc(F)c(F)c2)c1C. The lowest BCUT2D eigenvalue weighted by atomic mass is 10.1. The van der Waals surface area contributed by atoms with Crippen molar-refractivity contribution in [2.45, 2.75) is 18.7 Å². The number of carbonyl (C=O) groups is 1. The van der Waals surface area contributed by atoms with Crippen LogP contribution in [0.2, 0.25) is 0 Å². The van der Waals surface area contributed by atoms with Gasteiger partial charge in [0.05, 0.1) is 16.3 Å². The number of hydrogen-bond donors (Lipinski definition) is 0. The summed E-state index contributed by atoms with van der Waals surface area (Å²) in [6.07, 6.45) is 1.11. The smallest absolute Gasteiger partial charge is 0.308 e. The number of nitrogens with zero attached hydrogens (tertiary/aromatic N) is 1. The molecule has 3 rings (SSSR count). The fraction of sp³-hybridized carbons (Fsp3) is 0.150. The molecule has 5 nitrogen and oxygen atoms in total. The van der Waals surface area contributed by atoms with E-state index in [-0.39, 0.29) is 10.6 Å². The second kappa shape index (κ2) is 7.20. The first-order valence-electron chi connectivity index (χ1n) is 8.24. The molecule has 0 N–H and O–H groups in total. The predicted molar refractivity (Wildman–Crippen MR) is 100 cm³/mol. The van der Waals surface area contributed by atoms with Crippen molar-refractivity contribution in [3.8, 4) is 22.7 Å². The normalized spacial score (nSPS) is 11.5. The Hall–Kier alpha value is -3.00. The van der Waals surface area contributed by atoms with E-state index in [4.69, 9.17) is 4.74 Å². The number of aromatic nitrogens is 1. The average Bonchev–Trinajstić information content (AvgIpc) is 2.93. The molecule has 1 heterocycles. The Labute approximate surface area is 161 Å². The van der Waals surface area contributed by atoms with Crippen LogP contribution in [0.5, 0.6) is 5.75 Å². The van der Waals surface area contributed by atoms with Gasteiger partial charge >= 0.3 is 5.97 Å². The first-order valence-corrected chi connectivity index (χ1v) is 10.1. The summed E-state index contributed by atoms with van der Waals surface area (Å²) < 4.78 is 57.3. The molecule has 0 atom stereocenters. The van der Waals surface area contributed by atoms with Crippen molar-refractivity contribution >= 4 is 15.8 Å². The van der Waals surface area contributed by atoms with Gasteiger partial charge in [0.1, 0.15) is 0 Å². The number of carbonyl (C=O) groups excluding carboxylic acids is 1. The Balaban J connectivity index is 2.21. The molecule has 3 aromatic rings. The van der Waals surface area contributed by atoms with Crippen molar-refractivity contribution in [3.05, 3.63) is 65.9 Å². The standard InChI is InChI=1S/C20H17F2NO4S/c1-12-20(27-13(2)24)11-19(14-4-7-16(8-5-14)28(3,25)26)23(12)15-6-9-17(21)18(22)10-15/h4-11H,1-3H3. The summed E-state index contributed by atoms with van der Waals surface area (Å²) in [6, 6.07) is 11.1. The maximum atomic E-state index is 13.8. The molecule has 0 bridgehead atoms. The van der Waals surface area contributed by atoms with Gasteiger partial charge in [-0.2, -0.15) is 0 Å². The Kier molecular flexibility index (Phi) is 5.08. The van der Waals surface area contributed by atoms with E-state index < -0.39 is 27.4 Å². The fourth-order valence-corrected chi connectivity index (χ4v) is 3.51. The molecular weight excluding hydrogens is 388 g/mol. The lowest BCUT2D eigenvalue weighted by Crippen LogP contribution is -2.04. The van der Waals surface area contributed by atoms with E-state index >= 15 is 0 Å². The Bertz CT molecular complexity index is 1170. The molecule has 146 valence electrons. The summed E-state index contributed by atoms with van der Waals surface area (Å²) >= 11 is 0. The third kappa shape index (κ3) is 3.82. The van der Waals surface area contributed by atoms with Crippen molar-refractivity contribution in [1.29, 1.82) is 0 Å². The van der Waals surface area contributed by atoms with E-state index in [2.05, 4.69) is 0 Å². The molecule has 0 fully saturated rings. The van der Waals surface area contributed by atoms with Gasteiger partial charge in [0.2, 0.25) is 0 Å². The summed E-state index contributed by atoms with van der Waals surface area (Å²) in [4.78, 5) is 11.6. The zero-order chi connectivity index (χ0) is 20.6. The number of esters is 1. The highest BCUT2D eigenvalue weighted by Crippen LogP contribution is 2.34. The number of ether oxygens (including phenoxy) is 1. The second-order valence-corrected chi connectivity index (χ2v) is 8.32. The minimum Gasteiger partial charge on any atom is -0.425 e. The zero-order valence-corrected chi connectivity index (χ0v) is 16.2. The van der Waals surface area contributed by atoms with Crippen LogP contribution in [-0.2, 0) is 14.6 Å². The largest absolute Gasteiger partial charge is 0.425 e. The van der Waals surface area contributed by atoms with Gasteiger partial charge in [0, 0.05) is 31.0 Å². The molecule has 0 aliphatic rings. The number of hydrogen-bond acceptors (Lipinski definition) is 4. The summed E-state index contributed by atoms with van der Waals surface area (Å²) in [5.41, 5.74) is 1.97. The maximum absolute atomic E-state index is 13.8. The lowest BCUT2D eigenvalue weighted by molar-refractivity contribution is -0.131. The van der Waals surface area contributed by atoms with Gasteiger partial charge < -0.3 is 9.30 Å². The molecule has 0 saturated heterocycles. The monoisotopic (exact) mass is 405 g/mol. The molecule has 0 radical (unpaired) electrons. The van der Waals surface area contributed by atoms with Crippen LogP contribution in [0.15, 0.2) is 53.4 Å². The van der Waals surface area contributed by atoms with Gasteiger partial charge in [-0.05, 0) is 36.8 Å². The number of rotatable bonds is 4. The van der Waals surface area contributed by atoms with Crippen molar-refractivity contribution in [2.75, 3.05) is 6.26 Å². The van der Waals surface area contributed by atoms with Crippen molar-refractivity contribution < 1.29 is 26.7 Å². The van der Waals surface area contributed by atoms with Gasteiger partial charge in [-0.3, -0.25) is 4.79 Å². The Morgan fingerprint density at radius 3 is 2.18 bits per heavy atom. The molecule has 0 amide bonds. The van der Waals surface area contributed by atoms with E-state index in [9.17, 15) is 22.0 Å². The molecule has 0 unspecified atom stereocenters. The molecule has 28 heavy (non-hydrogen) atoms. The van der Waals surface area contributed by atoms with Crippen molar-refractivity contribution in [2.24, 2.45) is 0 Å². The molecule has 2 aromatic carbocycles. The zero-order valence-electron chi connectivity index (χ0n) is 15.4. The van der Waals surface area contributed by atoms with Crippen LogP contribution in [0, 0.1) is 18.6 Å². The number of sulfone groups is 1. The summed E-state index contributed by atoms with van der Waals surface area (Å²) in [7, 11) is -3.36. The summed E-state index contributed by atoms with van der Waals surface area (Å²) in [5, 5.41) is 0. The minimum absolute atomic E-state index is 0.152. The predicted octanol–water partition coefficient (Wildman–Crippen LogP) is 4.06.